The van der Waals surface area contributed by atoms with Crippen molar-refractivity contribution in [2.75, 3.05) is 6.61 Å². The molecular formula is C12H12N2O2S. The van der Waals surface area contributed by atoms with Crippen LogP contribution in [0.4, 0.5) is 0 Å². The maximum atomic E-state index is 11.8. The molecular weight excluding hydrogens is 236 g/mol. The Morgan fingerprint density at radius 2 is 2.53 bits per heavy atom. The van der Waals surface area contributed by atoms with Crippen LogP contribution in [0.3, 0.4) is 0 Å². The third kappa shape index (κ3) is 1.70. The molecule has 1 N–H and O–H groups in total. The van der Waals surface area contributed by atoms with Crippen LogP contribution in [0, 0.1) is 0 Å². The normalized spacial score (nSPS) is 18.3. The van der Waals surface area contributed by atoms with Gasteiger partial charge in [0.1, 0.15) is 5.25 Å². The number of rotatable bonds is 2. The first-order chi connectivity index (χ1) is 8.29. The van der Waals surface area contributed by atoms with E-state index >= 15 is 0 Å². The van der Waals surface area contributed by atoms with Crippen LogP contribution in [-0.4, -0.2) is 28.0 Å². The van der Waals surface area contributed by atoms with Gasteiger partial charge >= 0.3 is 5.97 Å². The maximum absolute atomic E-state index is 11.8. The lowest BCUT2D eigenvalue weighted by Gasteiger charge is -2.19. The van der Waals surface area contributed by atoms with Crippen molar-refractivity contribution in [2.24, 2.45) is 0 Å². The molecule has 88 valence electrons. The Balaban J connectivity index is 1.98. The average molecular weight is 248 g/mol. The van der Waals surface area contributed by atoms with Gasteiger partial charge < -0.3 is 4.74 Å². The zero-order valence-corrected chi connectivity index (χ0v) is 10.2. The molecule has 1 aliphatic rings. The van der Waals surface area contributed by atoms with Crippen molar-refractivity contribution in [3.8, 4) is 0 Å². The molecule has 0 aliphatic carbocycles. The van der Waals surface area contributed by atoms with E-state index in [-0.39, 0.29) is 11.2 Å². The number of benzene rings is 1. The minimum absolute atomic E-state index is 0.150. The van der Waals surface area contributed by atoms with Crippen molar-refractivity contribution in [1.29, 1.82) is 0 Å². The summed E-state index contributed by atoms with van der Waals surface area (Å²) in [5, 5.41) is 8.25. The van der Waals surface area contributed by atoms with E-state index < -0.39 is 0 Å². The largest absolute Gasteiger partial charge is 0.465 e. The lowest BCUT2D eigenvalue weighted by Crippen LogP contribution is -2.24. The number of thioether (sulfide) groups is 1. The standard InChI is InChI=1S/C12H12N2O2S/c1-2-16-12(15)10-6-8-11-7(13-14-8)4-3-5-9(11)17-10/h3-5,10H,2,6H2,1H3,(H,13,14). The predicted octanol–water partition coefficient (Wildman–Crippen LogP) is 2.14. The summed E-state index contributed by atoms with van der Waals surface area (Å²) < 4.78 is 5.07. The van der Waals surface area contributed by atoms with Crippen LogP contribution in [0.1, 0.15) is 12.6 Å². The highest BCUT2D eigenvalue weighted by Gasteiger charge is 2.29. The summed E-state index contributed by atoms with van der Waals surface area (Å²) in [7, 11) is 0. The summed E-state index contributed by atoms with van der Waals surface area (Å²) in [5.74, 6) is -0.150. The fourth-order valence-electron chi connectivity index (χ4n) is 2.09. The van der Waals surface area contributed by atoms with E-state index in [1.165, 1.54) is 0 Å². The zero-order chi connectivity index (χ0) is 11.8. The molecule has 0 bridgehead atoms. The number of aromatic nitrogens is 2. The Hall–Kier alpha value is -1.49. The molecule has 2 heterocycles. The van der Waals surface area contributed by atoms with Crippen LogP contribution < -0.4 is 0 Å². The van der Waals surface area contributed by atoms with Crippen LogP contribution >= 0.6 is 11.8 Å². The van der Waals surface area contributed by atoms with Crippen LogP contribution in [0.2, 0.25) is 0 Å². The van der Waals surface area contributed by atoms with Gasteiger partial charge in [-0.1, -0.05) is 6.07 Å². The first-order valence-electron chi connectivity index (χ1n) is 5.59. The quantitative estimate of drug-likeness (QED) is 0.827. The van der Waals surface area contributed by atoms with Gasteiger partial charge in [-0.3, -0.25) is 9.89 Å². The van der Waals surface area contributed by atoms with Crippen molar-refractivity contribution in [3.05, 3.63) is 23.9 Å². The van der Waals surface area contributed by atoms with E-state index in [2.05, 4.69) is 10.2 Å². The Labute approximate surface area is 103 Å². The van der Waals surface area contributed by atoms with Crippen LogP contribution in [0.15, 0.2) is 23.1 Å². The van der Waals surface area contributed by atoms with Gasteiger partial charge in [0.25, 0.3) is 0 Å². The molecule has 1 aromatic heterocycles. The van der Waals surface area contributed by atoms with Crippen LogP contribution in [0.5, 0.6) is 0 Å². The number of esters is 1. The lowest BCUT2D eigenvalue weighted by atomic mass is 10.1. The number of nitrogens with zero attached hydrogens (tertiary/aromatic N) is 1. The van der Waals surface area contributed by atoms with Gasteiger partial charge in [0, 0.05) is 16.7 Å². The van der Waals surface area contributed by atoms with E-state index in [0.717, 1.165) is 21.5 Å². The number of H-pyrrole nitrogens is 1. The highest BCUT2D eigenvalue weighted by Crippen LogP contribution is 2.38. The van der Waals surface area contributed by atoms with Crippen molar-refractivity contribution in [2.45, 2.75) is 23.5 Å². The summed E-state index contributed by atoms with van der Waals surface area (Å²) in [6.45, 7) is 2.25. The van der Waals surface area contributed by atoms with Crippen LogP contribution in [0.25, 0.3) is 10.9 Å². The molecule has 1 atom stereocenters. The van der Waals surface area contributed by atoms with Gasteiger partial charge in [0.05, 0.1) is 17.8 Å². The summed E-state index contributed by atoms with van der Waals surface area (Å²) >= 11 is 1.57. The van der Waals surface area contributed by atoms with Gasteiger partial charge in [0.2, 0.25) is 0 Å². The summed E-state index contributed by atoms with van der Waals surface area (Å²) in [5.41, 5.74) is 2.00. The summed E-state index contributed by atoms with van der Waals surface area (Å²) in [4.78, 5) is 12.9. The van der Waals surface area contributed by atoms with Gasteiger partial charge in [-0.05, 0) is 19.1 Å². The molecule has 2 aromatic rings. The van der Waals surface area contributed by atoms with Crippen molar-refractivity contribution >= 4 is 28.6 Å². The monoisotopic (exact) mass is 248 g/mol. The smallest absolute Gasteiger partial charge is 0.319 e. The second-order valence-corrected chi connectivity index (χ2v) is 5.16. The maximum Gasteiger partial charge on any atom is 0.319 e. The number of hydrogen-bond donors (Lipinski definition) is 1. The third-order valence-electron chi connectivity index (χ3n) is 2.82. The molecule has 5 heteroatoms. The number of hydrogen-bond acceptors (Lipinski definition) is 4. The van der Waals surface area contributed by atoms with E-state index in [9.17, 15) is 4.79 Å². The van der Waals surface area contributed by atoms with Gasteiger partial charge in [0.15, 0.2) is 0 Å². The number of aromatic amines is 1. The molecule has 0 saturated carbocycles. The lowest BCUT2D eigenvalue weighted by molar-refractivity contribution is -0.142. The predicted molar refractivity (Wildman–Crippen MR) is 66.1 cm³/mol. The number of carbonyl (C=O) groups is 1. The van der Waals surface area contributed by atoms with Crippen molar-refractivity contribution in [1.82, 2.24) is 10.2 Å². The first kappa shape index (κ1) is 10.7. The Kier molecular flexibility index (Phi) is 2.55. The van der Waals surface area contributed by atoms with E-state index in [1.54, 1.807) is 11.8 Å². The van der Waals surface area contributed by atoms with Crippen molar-refractivity contribution in [3.63, 3.8) is 0 Å². The first-order valence-corrected chi connectivity index (χ1v) is 6.47. The van der Waals surface area contributed by atoms with Crippen LogP contribution in [-0.2, 0) is 16.0 Å². The average Bonchev–Trinajstić information content (AvgIpc) is 2.75. The fraction of sp³-hybridized carbons (Fsp3) is 0.333. The second-order valence-electron chi connectivity index (χ2n) is 3.91. The fourth-order valence-corrected chi connectivity index (χ4v) is 3.30. The molecule has 1 aromatic carbocycles. The number of nitrogens with one attached hydrogen (secondary N) is 1. The summed E-state index contributed by atoms with van der Waals surface area (Å²) in [6, 6.07) is 6.00. The molecule has 0 fully saturated rings. The van der Waals surface area contributed by atoms with Gasteiger partial charge in [-0.25, -0.2) is 0 Å². The minimum atomic E-state index is -0.170. The molecule has 0 amide bonds. The Bertz CT molecular complexity index is 579. The SMILES string of the molecule is CCOC(=O)C1Cc2n[nH]c3cccc(c23)S1. The molecule has 3 rings (SSSR count). The molecule has 0 spiro atoms. The zero-order valence-electron chi connectivity index (χ0n) is 9.40. The topological polar surface area (TPSA) is 55.0 Å². The van der Waals surface area contributed by atoms with Gasteiger partial charge in [-0.2, -0.15) is 5.10 Å². The highest BCUT2D eigenvalue weighted by molar-refractivity contribution is 8.00. The van der Waals surface area contributed by atoms with E-state index in [4.69, 9.17) is 4.74 Å². The van der Waals surface area contributed by atoms with E-state index in [0.29, 0.717) is 13.0 Å². The molecule has 0 saturated heterocycles. The molecule has 1 aliphatic heterocycles. The molecule has 17 heavy (non-hydrogen) atoms. The Morgan fingerprint density at radius 3 is 3.35 bits per heavy atom. The number of carbonyl (C=O) groups excluding carboxylic acids is 1. The minimum Gasteiger partial charge on any atom is -0.465 e. The molecule has 0 radical (unpaired) electrons. The number of ether oxygens (including phenoxy) is 1. The van der Waals surface area contributed by atoms with Gasteiger partial charge in [-0.15, -0.1) is 11.8 Å². The molecule has 4 nitrogen and oxygen atoms in total. The van der Waals surface area contributed by atoms with Crippen molar-refractivity contribution < 1.29 is 9.53 Å². The van der Waals surface area contributed by atoms with E-state index in [1.807, 2.05) is 25.1 Å². The summed E-state index contributed by atoms with van der Waals surface area (Å²) in [6.07, 6.45) is 0.639. The highest BCUT2D eigenvalue weighted by atomic mass is 32.2. The Morgan fingerprint density at radius 1 is 1.65 bits per heavy atom. The second kappa shape index (κ2) is 4.07. The molecule has 1 unspecified atom stereocenters. The third-order valence-corrected chi connectivity index (χ3v) is 4.06.